The van der Waals surface area contributed by atoms with Gasteiger partial charge in [0.05, 0.1) is 13.0 Å². The van der Waals surface area contributed by atoms with Crippen LogP contribution in [-0.2, 0) is 9.53 Å². The number of rotatable bonds is 4. The lowest BCUT2D eigenvalue weighted by Gasteiger charge is -2.10. The van der Waals surface area contributed by atoms with Crippen LogP contribution in [0.25, 0.3) is 0 Å². The molecular formula is C10H13BrN2O2. The number of carbonyl (C=O) groups is 1. The average molecular weight is 273 g/mol. The summed E-state index contributed by atoms with van der Waals surface area (Å²) < 4.78 is 5.66. The first-order valence-electron chi connectivity index (χ1n) is 4.65. The molecule has 1 heterocycles. The van der Waals surface area contributed by atoms with E-state index in [1.165, 1.54) is 0 Å². The summed E-state index contributed by atoms with van der Waals surface area (Å²) in [6.45, 7) is 2.15. The van der Waals surface area contributed by atoms with Crippen LogP contribution in [0.5, 0.6) is 0 Å². The normalized spacial score (nSPS) is 12.2. The van der Waals surface area contributed by atoms with Gasteiger partial charge in [0.1, 0.15) is 0 Å². The van der Waals surface area contributed by atoms with Gasteiger partial charge in [-0.3, -0.25) is 9.78 Å². The summed E-state index contributed by atoms with van der Waals surface area (Å²) >= 11 is 3.29. The number of halogens is 1. The Kier molecular flexibility index (Phi) is 4.71. The van der Waals surface area contributed by atoms with Crippen LogP contribution < -0.4 is 5.73 Å². The summed E-state index contributed by atoms with van der Waals surface area (Å²) in [5, 5.41) is 0. The smallest absolute Gasteiger partial charge is 0.307 e. The Labute approximate surface area is 97.0 Å². The van der Waals surface area contributed by atoms with Gasteiger partial charge >= 0.3 is 5.97 Å². The van der Waals surface area contributed by atoms with Crippen LogP contribution in [0.1, 0.15) is 24.9 Å². The minimum atomic E-state index is -0.367. The van der Waals surface area contributed by atoms with Crippen LogP contribution in [0.2, 0.25) is 0 Å². The first-order chi connectivity index (χ1) is 7.13. The predicted molar refractivity (Wildman–Crippen MR) is 60.1 cm³/mol. The first kappa shape index (κ1) is 12.1. The first-order valence-corrected chi connectivity index (χ1v) is 5.44. The fourth-order valence-electron chi connectivity index (χ4n) is 1.15. The average Bonchev–Trinajstić information content (AvgIpc) is 2.18. The van der Waals surface area contributed by atoms with Crippen molar-refractivity contribution in [1.29, 1.82) is 0 Å². The third-order valence-corrected chi connectivity index (χ3v) is 2.28. The molecule has 0 spiro atoms. The number of pyridine rings is 1. The van der Waals surface area contributed by atoms with Crippen molar-refractivity contribution in [3.8, 4) is 0 Å². The van der Waals surface area contributed by atoms with Crippen LogP contribution in [0.15, 0.2) is 22.9 Å². The lowest BCUT2D eigenvalue weighted by atomic mass is 10.1. The van der Waals surface area contributed by atoms with Crippen LogP contribution >= 0.6 is 15.9 Å². The number of esters is 1. The van der Waals surface area contributed by atoms with Crippen molar-refractivity contribution in [2.24, 2.45) is 5.73 Å². The molecule has 0 aliphatic carbocycles. The van der Waals surface area contributed by atoms with Gasteiger partial charge in [0.15, 0.2) is 0 Å². The molecule has 0 saturated carbocycles. The molecule has 0 saturated heterocycles. The molecular weight excluding hydrogens is 260 g/mol. The third-order valence-electron chi connectivity index (χ3n) is 1.85. The van der Waals surface area contributed by atoms with E-state index in [4.69, 9.17) is 10.5 Å². The molecule has 15 heavy (non-hydrogen) atoms. The van der Waals surface area contributed by atoms with Crippen molar-refractivity contribution in [3.63, 3.8) is 0 Å². The maximum Gasteiger partial charge on any atom is 0.307 e. The van der Waals surface area contributed by atoms with E-state index in [0.29, 0.717) is 6.61 Å². The second-order valence-corrected chi connectivity index (χ2v) is 3.97. The molecule has 2 N–H and O–H groups in total. The van der Waals surface area contributed by atoms with E-state index < -0.39 is 0 Å². The molecule has 0 fully saturated rings. The monoisotopic (exact) mass is 272 g/mol. The largest absolute Gasteiger partial charge is 0.466 e. The van der Waals surface area contributed by atoms with Crippen molar-refractivity contribution in [2.75, 3.05) is 6.61 Å². The Bertz CT molecular complexity index is 344. The maximum absolute atomic E-state index is 11.2. The minimum absolute atomic E-state index is 0.173. The Morgan fingerprint density at radius 1 is 1.67 bits per heavy atom. The quantitative estimate of drug-likeness (QED) is 0.849. The second-order valence-electron chi connectivity index (χ2n) is 3.05. The zero-order valence-corrected chi connectivity index (χ0v) is 10.0. The van der Waals surface area contributed by atoms with Gasteiger partial charge in [-0.05, 0) is 34.5 Å². The zero-order valence-electron chi connectivity index (χ0n) is 8.44. The summed E-state index contributed by atoms with van der Waals surface area (Å²) in [7, 11) is 0. The number of ether oxygens (including phenoxy) is 1. The van der Waals surface area contributed by atoms with Crippen molar-refractivity contribution >= 4 is 21.9 Å². The SMILES string of the molecule is CCOC(=O)CC(N)c1cncc(Br)c1. The molecule has 1 unspecified atom stereocenters. The fourth-order valence-corrected chi connectivity index (χ4v) is 1.53. The molecule has 0 aliphatic heterocycles. The van der Waals surface area contributed by atoms with Gasteiger partial charge in [-0.2, -0.15) is 0 Å². The third kappa shape index (κ3) is 3.97. The molecule has 82 valence electrons. The van der Waals surface area contributed by atoms with Gasteiger partial charge in [0, 0.05) is 22.9 Å². The van der Waals surface area contributed by atoms with E-state index in [1.807, 2.05) is 6.07 Å². The number of nitrogens with zero attached hydrogens (tertiary/aromatic N) is 1. The Balaban J connectivity index is 2.60. The van der Waals surface area contributed by atoms with Gasteiger partial charge in [-0.25, -0.2) is 0 Å². The van der Waals surface area contributed by atoms with Crippen molar-refractivity contribution in [1.82, 2.24) is 4.98 Å². The molecule has 4 nitrogen and oxygen atoms in total. The van der Waals surface area contributed by atoms with E-state index in [-0.39, 0.29) is 18.4 Å². The van der Waals surface area contributed by atoms with E-state index in [1.54, 1.807) is 19.3 Å². The second kappa shape index (κ2) is 5.82. The Morgan fingerprint density at radius 3 is 3.00 bits per heavy atom. The topological polar surface area (TPSA) is 65.2 Å². The highest BCUT2D eigenvalue weighted by atomic mass is 79.9. The fraction of sp³-hybridized carbons (Fsp3) is 0.400. The number of nitrogens with two attached hydrogens (primary N) is 1. The standard InChI is InChI=1S/C10H13BrN2O2/c1-2-15-10(14)4-9(12)7-3-8(11)6-13-5-7/h3,5-6,9H,2,4,12H2,1H3. The number of carbonyl (C=O) groups excluding carboxylic acids is 1. The molecule has 1 aromatic heterocycles. The van der Waals surface area contributed by atoms with Crippen LogP contribution in [-0.4, -0.2) is 17.6 Å². The highest BCUT2D eigenvalue weighted by Gasteiger charge is 2.12. The Hall–Kier alpha value is -0.940. The molecule has 0 amide bonds. The summed E-state index contributed by atoms with van der Waals surface area (Å²) in [6, 6.07) is 1.48. The van der Waals surface area contributed by atoms with Gasteiger partial charge < -0.3 is 10.5 Å². The minimum Gasteiger partial charge on any atom is -0.466 e. The molecule has 1 aromatic rings. The van der Waals surface area contributed by atoms with Crippen molar-refractivity contribution < 1.29 is 9.53 Å². The zero-order chi connectivity index (χ0) is 11.3. The lowest BCUT2D eigenvalue weighted by molar-refractivity contribution is -0.143. The van der Waals surface area contributed by atoms with E-state index in [0.717, 1.165) is 10.0 Å². The van der Waals surface area contributed by atoms with Crippen LogP contribution in [0.4, 0.5) is 0 Å². The van der Waals surface area contributed by atoms with Crippen LogP contribution in [0, 0.1) is 0 Å². The summed E-state index contributed by atoms with van der Waals surface area (Å²) in [5.41, 5.74) is 6.65. The van der Waals surface area contributed by atoms with Crippen molar-refractivity contribution in [2.45, 2.75) is 19.4 Å². The lowest BCUT2D eigenvalue weighted by Crippen LogP contribution is -2.17. The number of hydrogen-bond donors (Lipinski definition) is 1. The Morgan fingerprint density at radius 2 is 2.40 bits per heavy atom. The van der Waals surface area contributed by atoms with Gasteiger partial charge in [-0.15, -0.1) is 0 Å². The molecule has 0 aliphatic rings. The highest BCUT2D eigenvalue weighted by Crippen LogP contribution is 2.17. The van der Waals surface area contributed by atoms with Crippen LogP contribution in [0.3, 0.4) is 0 Å². The predicted octanol–water partition coefficient (Wildman–Crippen LogP) is 1.80. The molecule has 1 rings (SSSR count). The van der Waals surface area contributed by atoms with Crippen molar-refractivity contribution in [3.05, 3.63) is 28.5 Å². The molecule has 0 radical (unpaired) electrons. The summed E-state index contributed by atoms with van der Waals surface area (Å²) in [4.78, 5) is 15.2. The maximum atomic E-state index is 11.2. The molecule has 0 bridgehead atoms. The van der Waals surface area contributed by atoms with E-state index in [9.17, 15) is 4.79 Å². The van der Waals surface area contributed by atoms with Gasteiger partial charge in [-0.1, -0.05) is 0 Å². The molecule has 0 aromatic carbocycles. The summed E-state index contributed by atoms with van der Waals surface area (Å²) in [6.07, 6.45) is 3.49. The molecule has 1 atom stereocenters. The van der Waals surface area contributed by atoms with Gasteiger partial charge in [0.2, 0.25) is 0 Å². The van der Waals surface area contributed by atoms with E-state index in [2.05, 4.69) is 20.9 Å². The van der Waals surface area contributed by atoms with E-state index >= 15 is 0 Å². The van der Waals surface area contributed by atoms with Gasteiger partial charge in [0.25, 0.3) is 0 Å². The highest BCUT2D eigenvalue weighted by molar-refractivity contribution is 9.10. The number of aromatic nitrogens is 1. The number of hydrogen-bond acceptors (Lipinski definition) is 4. The summed E-state index contributed by atoms with van der Waals surface area (Å²) in [5.74, 6) is -0.287. The molecule has 5 heteroatoms.